The standard InChI is InChI=1S/C13H25N/c1-13(2)12(8-9-14-13)10-11-6-4-3-5-7-11/h11-12,14H,3-10H2,1-2H3. The molecule has 0 amide bonds. The van der Waals surface area contributed by atoms with E-state index in [0.717, 1.165) is 11.8 Å². The molecule has 1 saturated heterocycles. The second kappa shape index (κ2) is 4.22. The topological polar surface area (TPSA) is 12.0 Å². The lowest BCUT2D eigenvalue weighted by atomic mass is 9.77. The third-order valence-electron chi connectivity index (χ3n) is 4.44. The molecule has 1 saturated carbocycles. The van der Waals surface area contributed by atoms with Gasteiger partial charge in [-0.25, -0.2) is 0 Å². The maximum absolute atomic E-state index is 3.64. The Morgan fingerprint density at radius 1 is 1.07 bits per heavy atom. The van der Waals surface area contributed by atoms with Gasteiger partial charge in [0.2, 0.25) is 0 Å². The predicted octanol–water partition coefficient (Wildman–Crippen LogP) is 3.34. The van der Waals surface area contributed by atoms with Gasteiger partial charge in [0.25, 0.3) is 0 Å². The minimum absolute atomic E-state index is 0.414. The first-order valence-electron chi connectivity index (χ1n) is 6.43. The van der Waals surface area contributed by atoms with Crippen LogP contribution in [0.4, 0.5) is 0 Å². The van der Waals surface area contributed by atoms with Crippen LogP contribution in [0.15, 0.2) is 0 Å². The molecule has 0 aromatic rings. The van der Waals surface area contributed by atoms with Gasteiger partial charge < -0.3 is 5.32 Å². The molecule has 0 aromatic carbocycles. The quantitative estimate of drug-likeness (QED) is 0.712. The zero-order valence-electron chi connectivity index (χ0n) is 9.81. The van der Waals surface area contributed by atoms with E-state index in [1.54, 1.807) is 0 Å². The van der Waals surface area contributed by atoms with Crippen molar-refractivity contribution in [2.75, 3.05) is 6.54 Å². The molecule has 0 spiro atoms. The first kappa shape index (κ1) is 10.5. The van der Waals surface area contributed by atoms with Crippen LogP contribution in [0.25, 0.3) is 0 Å². The number of hydrogen-bond acceptors (Lipinski definition) is 1. The summed E-state index contributed by atoms with van der Waals surface area (Å²) in [5.41, 5.74) is 0.414. The first-order chi connectivity index (χ1) is 6.68. The van der Waals surface area contributed by atoms with Crippen LogP contribution < -0.4 is 5.32 Å². The lowest BCUT2D eigenvalue weighted by Crippen LogP contribution is -2.38. The molecule has 1 aliphatic carbocycles. The van der Waals surface area contributed by atoms with Crippen molar-refractivity contribution in [3.05, 3.63) is 0 Å². The third kappa shape index (κ3) is 2.31. The van der Waals surface area contributed by atoms with Gasteiger partial charge >= 0.3 is 0 Å². The fourth-order valence-electron chi connectivity index (χ4n) is 3.31. The fourth-order valence-corrected chi connectivity index (χ4v) is 3.31. The van der Waals surface area contributed by atoms with Gasteiger partial charge in [0.1, 0.15) is 0 Å². The van der Waals surface area contributed by atoms with Gasteiger partial charge in [0.15, 0.2) is 0 Å². The van der Waals surface area contributed by atoms with E-state index in [9.17, 15) is 0 Å². The van der Waals surface area contributed by atoms with Crippen molar-refractivity contribution in [2.45, 2.75) is 64.3 Å². The average molecular weight is 195 g/mol. The Hall–Kier alpha value is -0.0400. The second-order valence-corrected chi connectivity index (χ2v) is 5.87. The van der Waals surface area contributed by atoms with Crippen molar-refractivity contribution >= 4 is 0 Å². The molecule has 1 heteroatoms. The van der Waals surface area contributed by atoms with Crippen molar-refractivity contribution in [1.82, 2.24) is 5.32 Å². The molecule has 0 aromatic heterocycles. The summed E-state index contributed by atoms with van der Waals surface area (Å²) in [6.07, 6.45) is 10.4. The van der Waals surface area contributed by atoms with Gasteiger partial charge in [0.05, 0.1) is 0 Å². The molecular weight excluding hydrogens is 170 g/mol. The van der Waals surface area contributed by atoms with Gasteiger partial charge in [0, 0.05) is 5.54 Å². The van der Waals surface area contributed by atoms with Crippen molar-refractivity contribution < 1.29 is 0 Å². The Bertz CT molecular complexity index is 180. The molecule has 1 nitrogen and oxygen atoms in total. The highest BCUT2D eigenvalue weighted by Crippen LogP contribution is 2.36. The van der Waals surface area contributed by atoms with Crippen LogP contribution in [0.1, 0.15) is 58.8 Å². The lowest BCUT2D eigenvalue weighted by molar-refractivity contribution is 0.234. The monoisotopic (exact) mass is 195 g/mol. The summed E-state index contributed by atoms with van der Waals surface area (Å²) in [4.78, 5) is 0. The lowest BCUT2D eigenvalue weighted by Gasteiger charge is -2.32. The number of nitrogens with one attached hydrogen (secondary N) is 1. The highest BCUT2D eigenvalue weighted by molar-refractivity contribution is 4.93. The average Bonchev–Trinajstić information content (AvgIpc) is 2.48. The number of rotatable bonds is 2. The summed E-state index contributed by atoms with van der Waals surface area (Å²) in [5, 5.41) is 3.64. The minimum Gasteiger partial charge on any atom is -0.312 e. The largest absolute Gasteiger partial charge is 0.312 e. The molecule has 2 fully saturated rings. The molecule has 82 valence electrons. The Morgan fingerprint density at radius 3 is 2.36 bits per heavy atom. The summed E-state index contributed by atoms with van der Waals surface area (Å²) in [6.45, 7) is 6.01. The van der Waals surface area contributed by atoms with E-state index in [1.807, 2.05) is 0 Å². The molecule has 14 heavy (non-hydrogen) atoms. The maximum Gasteiger partial charge on any atom is 0.0153 e. The highest BCUT2D eigenvalue weighted by atomic mass is 15.0. The van der Waals surface area contributed by atoms with Crippen LogP contribution in [0.5, 0.6) is 0 Å². The zero-order valence-corrected chi connectivity index (χ0v) is 9.81. The normalized spacial score (nSPS) is 33.4. The Kier molecular flexibility index (Phi) is 3.16. The highest BCUT2D eigenvalue weighted by Gasteiger charge is 2.35. The molecule has 2 rings (SSSR count). The molecule has 2 aliphatic rings. The fraction of sp³-hybridized carbons (Fsp3) is 1.00. The van der Waals surface area contributed by atoms with Gasteiger partial charge in [-0.1, -0.05) is 32.1 Å². The van der Waals surface area contributed by atoms with E-state index in [4.69, 9.17) is 0 Å². The summed E-state index contributed by atoms with van der Waals surface area (Å²) in [5.74, 6) is 1.98. The van der Waals surface area contributed by atoms with Gasteiger partial charge in [-0.05, 0) is 45.1 Å². The van der Waals surface area contributed by atoms with Crippen LogP contribution >= 0.6 is 0 Å². The zero-order chi connectivity index (χ0) is 10.0. The molecule has 1 N–H and O–H groups in total. The first-order valence-corrected chi connectivity index (χ1v) is 6.43. The molecule has 0 bridgehead atoms. The van der Waals surface area contributed by atoms with Crippen molar-refractivity contribution in [1.29, 1.82) is 0 Å². The molecule has 1 heterocycles. The Morgan fingerprint density at radius 2 is 1.79 bits per heavy atom. The van der Waals surface area contributed by atoms with E-state index in [0.29, 0.717) is 5.54 Å². The second-order valence-electron chi connectivity index (χ2n) is 5.87. The van der Waals surface area contributed by atoms with Gasteiger partial charge in [-0.3, -0.25) is 0 Å². The van der Waals surface area contributed by atoms with Crippen molar-refractivity contribution in [3.63, 3.8) is 0 Å². The van der Waals surface area contributed by atoms with E-state index < -0.39 is 0 Å². The van der Waals surface area contributed by atoms with E-state index in [2.05, 4.69) is 19.2 Å². The maximum atomic E-state index is 3.64. The van der Waals surface area contributed by atoms with E-state index in [1.165, 1.54) is 51.5 Å². The predicted molar refractivity (Wildman–Crippen MR) is 61.4 cm³/mol. The smallest absolute Gasteiger partial charge is 0.0153 e. The van der Waals surface area contributed by atoms with Crippen molar-refractivity contribution in [2.24, 2.45) is 11.8 Å². The summed E-state index contributed by atoms with van der Waals surface area (Å²) in [6, 6.07) is 0. The van der Waals surface area contributed by atoms with Crippen LogP contribution in [-0.2, 0) is 0 Å². The molecule has 1 aliphatic heterocycles. The van der Waals surface area contributed by atoms with Gasteiger partial charge in [-0.15, -0.1) is 0 Å². The Labute approximate surface area is 88.7 Å². The molecular formula is C13H25N. The summed E-state index contributed by atoms with van der Waals surface area (Å²) >= 11 is 0. The SMILES string of the molecule is CC1(C)NCCC1CC1CCCCC1. The minimum atomic E-state index is 0.414. The van der Waals surface area contributed by atoms with Crippen LogP contribution in [0.3, 0.4) is 0 Å². The van der Waals surface area contributed by atoms with Crippen molar-refractivity contribution in [3.8, 4) is 0 Å². The third-order valence-corrected chi connectivity index (χ3v) is 4.44. The van der Waals surface area contributed by atoms with E-state index >= 15 is 0 Å². The van der Waals surface area contributed by atoms with E-state index in [-0.39, 0.29) is 0 Å². The summed E-state index contributed by atoms with van der Waals surface area (Å²) < 4.78 is 0. The van der Waals surface area contributed by atoms with Crippen LogP contribution in [0, 0.1) is 11.8 Å². The molecule has 1 unspecified atom stereocenters. The van der Waals surface area contributed by atoms with Crippen LogP contribution in [-0.4, -0.2) is 12.1 Å². The Balaban J connectivity index is 1.83. The molecule has 1 atom stereocenters. The molecule has 0 radical (unpaired) electrons. The summed E-state index contributed by atoms with van der Waals surface area (Å²) in [7, 11) is 0. The van der Waals surface area contributed by atoms with Gasteiger partial charge in [-0.2, -0.15) is 0 Å². The number of hydrogen-bond donors (Lipinski definition) is 1. The van der Waals surface area contributed by atoms with Crippen LogP contribution in [0.2, 0.25) is 0 Å².